The first-order chi connectivity index (χ1) is 23.9. The summed E-state index contributed by atoms with van der Waals surface area (Å²) in [6.45, 7) is 4.17. The Labute approximate surface area is 289 Å². The summed E-state index contributed by atoms with van der Waals surface area (Å²) in [6.07, 6.45) is 11.0. The van der Waals surface area contributed by atoms with Crippen molar-refractivity contribution in [1.82, 2.24) is 0 Å². The van der Waals surface area contributed by atoms with Gasteiger partial charge < -0.3 is 14.4 Å². The highest BCUT2D eigenvalue weighted by atomic mass is 32.2. The SMILES string of the molecule is CCS(=O)(=O)[O-].c1ccc(C[n+]2ccc(-c3cc[n+](CCCCN4c5ccccc5N(c5ccccc5)c5ccccc54)cc3)cc2)cc1. The maximum Gasteiger partial charge on any atom is 0.173 e. The van der Waals surface area contributed by atoms with Gasteiger partial charge in [-0.05, 0) is 53.9 Å². The number of anilines is 5. The van der Waals surface area contributed by atoms with Crippen LogP contribution in [0.2, 0.25) is 0 Å². The topological polar surface area (TPSA) is 71.4 Å². The molecule has 0 N–H and O–H groups in total. The first-order valence-corrected chi connectivity index (χ1v) is 18.2. The predicted octanol–water partition coefficient (Wildman–Crippen LogP) is 7.93. The van der Waals surface area contributed by atoms with Crippen LogP contribution in [0.15, 0.2) is 158 Å². The van der Waals surface area contributed by atoms with E-state index in [1.54, 1.807) is 0 Å². The van der Waals surface area contributed by atoms with Crippen molar-refractivity contribution in [2.24, 2.45) is 0 Å². The van der Waals surface area contributed by atoms with Crippen LogP contribution in [-0.2, 0) is 23.2 Å². The summed E-state index contributed by atoms with van der Waals surface area (Å²) in [4.78, 5) is 4.88. The van der Waals surface area contributed by atoms with E-state index in [4.69, 9.17) is 0 Å². The van der Waals surface area contributed by atoms with Gasteiger partial charge in [0.15, 0.2) is 31.3 Å². The zero-order valence-corrected chi connectivity index (χ0v) is 28.5. The van der Waals surface area contributed by atoms with Crippen LogP contribution in [0.5, 0.6) is 0 Å². The first-order valence-electron chi connectivity index (χ1n) is 16.7. The molecule has 49 heavy (non-hydrogen) atoms. The third kappa shape index (κ3) is 8.59. The van der Waals surface area contributed by atoms with E-state index < -0.39 is 10.1 Å². The number of rotatable bonds is 10. The lowest BCUT2D eigenvalue weighted by Crippen LogP contribution is -2.33. The first kappa shape index (κ1) is 33.6. The normalized spacial score (nSPS) is 12.0. The fourth-order valence-corrected chi connectivity index (χ4v) is 6.03. The number of aryl methyl sites for hydroxylation is 1. The molecule has 0 spiro atoms. The number of benzene rings is 4. The number of para-hydroxylation sites is 5. The van der Waals surface area contributed by atoms with Gasteiger partial charge in [-0.25, -0.2) is 17.6 Å². The van der Waals surface area contributed by atoms with Crippen LogP contribution in [0.4, 0.5) is 28.4 Å². The van der Waals surface area contributed by atoms with Crippen molar-refractivity contribution < 1.29 is 22.1 Å². The second-order valence-electron chi connectivity index (χ2n) is 11.9. The summed E-state index contributed by atoms with van der Waals surface area (Å²) in [6, 6.07) is 47.7. The minimum absolute atomic E-state index is 0.312. The second kappa shape index (κ2) is 15.7. The largest absolute Gasteiger partial charge is 0.748 e. The molecule has 0 saturated carbocycles. The van der Waals surface area contributed by atoms with E-state index in [1.165, 1.54) is 52.1 Å². The maximum atomic E-state index is 9.44. The van der Waals surface area contributed by atoms with Crippen molar-refractivity contribution in [3.05, 3.63) is 164 Å². The molecule has 3 heterocycles. The molecule has 8 heteroatoms. The number of hydrogen-bond donors (Lipinski definition) is 0. The molecule has 0 unspecified atom stereocenters. The molecule has 0 saturated heterocycles. The Kier molecular flexibility index (Phi) is 10.8. The monoisotopic (exact) mass is 669 g/mol. The highest BCUT2D eigenvalue weighted by molar-refractivity contribution is 7.85. The number of pyridine rings is 2. The number of aromatic nitrogens is 2. The molecule has 2 aromatic heterocycles. The van der Waals surface area contributed by atoms with E-state index >= 15 is 0 Å². The lowest BCUT2D eigenvalue weighted by molar-refractivity contribution is -0.697. The van der Waals surface area contributed by atoms with Gasteiger partial charge in [0.25, 0.3) is 0 Å². The van der Waals surface area contributed by atoms with Gasteiger partial charge in [-0.3, -0.25) is 0 Å². The van der Waals surface area contributed by atoms with Crippen molar-refractivity contribution in [2.75, 3.05) is 22.1 Å². The Balaban J connectivity index is 0.000000639. The van der Waals surface area contributed by atoms with Crippen LogP contribution >= 0.6 is 0 Å². The van der Waals surface area contributed by atoms with Gasteiger partial charge in [0.05, 0.1) is 32.9 Å². The molecule has 248 valence electrons. The number of unbranched alkanes of at least 4 members (excludes halogenated alkanes) is 1. The van der Waals surface area contributed by atoms with Crippen LogP contribution < -0.4 is 18.9 Å². The van der Waals surface area contributed by atoms with Gasteiger partial charge in [0.2, 0.25) is 0 Å². The lowest BCUT2D eigenvalue weighted by Gasteiger charge is -2.40. The Morgan fingerprint density at radius 1 is 0.571 bits per heavy atom. The van der Waals surface area contributed by atoms with Crippen molar-refractivity contribution in [3.63, 3.8) is 0 Å². The van der Waals surface area contributed by atoms with Crippen LogP contribution in [0.3, 0.4) is 0 Å². The van der Waals surface area contributed by atoms with E-state index in [2.05, 4.69) is 177 Å². The zero-order chi connectivity index (χ0) is 34.1. The Morgan fingerprint density at radius 2 is 1.02 bits per heavy atom. The Morgan fingerprint density at radius 3 is 1.53 bits per heavy atom. The summed E-state index contributed by atoms with van der Waals surface area (Å²) < 4.78 is 32.9. The minimum Gasteiger partial charge on any atom is -0.748 e. The number of fused-ring (bicyclic) bond motifs is 2. The average Bonchev–Trinajstić information content (AvgIpc) is 3.14. The molecule has 4 aromatic carbocycles. The summed E-state index contributed by atoms with van der Waals surface area (Å²) in [5, 5.41) is 0. The highest BCUT2D eigenvalue weighted by Crippen LogP contribution is 2.51. The quantitative estimate of drug-likeness (QED) is 0.0842. The zero-order valence-electron chi connectivity index (χ0n) is 27.7. The van der Waals surface area contributed by atoms with Crippen LogP contribution in [0, 0.1) is 0 Å². The average molecular weight is 670 g/mol. The van der Waals surface area contributed by atoms with Crippen LogP contribution in [0.25, 0.3) is 11.1 Å². The van der Waals surface area contributed by atoms with E-state index in [-0.39, 0.29) is 5.75 Å². The van der Waals surface area contributed by atoms with Crippen LogP contribution in [0.1, 0.15) is 25.3 Å². The van der Waals surface area contributed by atoms with Crippen LogP contribution in [-0.4, -0.2) is 25.3 Å². The third-order valence-corrected chi connectivity index (χ3v) is 9.27. The van der Waals surface area contributed by atoms with Gasteiger partial charge in [0.1, 0.15) is 6.54 Å². The molecule has 0 radical (unpaired) electrons. The molecule has 1 aliphatic rings. The van der Waals surface area contributed by atoms with E-state index in [1.807, 2.05) is 0 Å². The molecule has 0 bridgehead atoms. The summed E-state index contributed by atoms with van der Waals surface area (Å²) >= 11 is 0. The van der Waals surface area contributed by atoms with Gasteiger partial charge in [-0.15, -0.1) is 0 Å². The van der Waals surface area contributed by atoms with Crippen molar-refractivity contribution in [1.29, 1.82) is 0 Å². The summed E-state index contributed by atoms with van der Waals surface area (Å²) in [5.41, 5.74) is 9.95. The highest BCUT2D eigenvalue weighted by Gasteiger charge is 2.28. The smallest absolute Gasteiger partial charge is 0.173 e. The Bertz CT molecular complexity index is 2010. The van der Waals surface area contributed by atoms with E-state index in [9.17, 15) is 13.0 Å². The molecular formula is C41H41N4O3S+. The van der Waals surface area contributed by atoms with E-state index in [0.29, 0.717) is 0 Å². The second-order valence-corrected chi connectivity index (χ2v) is 13.6. The van der Waals surface area contributed by atoms with E-state index in [0.717, 1.165) is 32.5 Å². The molecule has 0 atom stereocenters. The molecule has 7 rings (SSSR count). The number of hydrogen-bond acceptors (Lipinski definition) is 5. The summed E-state index contributed by atoms with van der Waals surface area (Å²) in [7, 11) is -3.91. The fourth-order valence-electron chi connectivity index (χ4n) is 6.03. The maximum absolute atomic E-state index is 9.44. The lowest BCUT2D eigenvalue weighted by atomic mass is 10.1. The van der Waals surface area contributed by atoms with Crippen molar-refractivity contribution >= 4 is 38.6 Å². The number of nitrogens with zero attached hydrogens (tertiary/aromatic N) is 4. The van der Waals surface area contributed by atoms with Gasteiger partial charge in [0, 0.05) is 54.2 Å². The molecular weight excluding hydrogens is 629 g/mol. The molecule has 7 nitrogen and oxygen atoms in total. The molecule has 1 aliphatic heterocycles. The third-order valence-electron chi connectivity index (χ3n) is 8.57. The van der Waals surface area contributed by atoms with Crippen molar-refractivity contribution in [2.45, 2.75) is 32.9 Å². The summed E-state index contributed by atoms with van der Waals surface area (Å²) in [5.74, 6) is -0.312. The molecule has 6 aromatic rings. The molecule has 0 amide bonds. The molecule has 0 aliphatic carbocycles. The van der Waals surface area contributed by atoms with Gasteiger partial charge in [-0.2, -0.15) is 0 Å². The fraction of sp³-hybridized carbons (Fsp3) is 0.171. The predicted molar refractivity (Wildman–Crippen MR) is 195 cm³/mol. The molecule has 0 fully saturated rings. The van der Waals surface area contributed by atoms with Gasteiger partial charge >= 0.3 is 0 Å². The van der Waals surface area contributed by atoms with Gasteiger partial charge in [-0.1, -0.05) is 79.7 Å². The minimum atomic E-state index is -3.91. The Hall–Kier alpha value is -5.31. The standard InChI is InChI=1S/C39H36N4.C2H6O3S/c1-3-13-32(14-4-1)31-41-29-23-34(24-30-41)33-21-27-40(28-22-33)25-11-12-26-42-36-17-7-9-19-38(36)43(35-15-5-2-6-16-35)39-20-10-8-18-37(39)42;1-2-6(3,4)5/h1-10,13-24,27-30H,11-12,25-26,31H2;2H2,1H3,(H,3,4,5)/q+2;/p-1. The van der Waals surface area contributed by atoms with Crippen molar-refractivity contribution in [3.8, 4) is 11.1 Å².